The van der Waals surface area contributed by atoms with E-state index >= 15 is 0 Å². The number of nitrogens with zero attached hydrogens (tertiary/aromatic N) is 1. The third-order valence-corrected chi connectivity index (χ3v) is 3.73. The van der Waals surface area contributed by atoms with Crippen molar-refractivity contribution >= 4 is 35.8 Å². The molecule has 1 amide bonds. The average Bonchev–Trinajstić information content (AvgIpc) is 2.55. The number of hydrogen-bond acceptors (Lipinski definition) is 3. The molecule has 0 fully saturated rings. The van der Waals surface area contributed by atoms with Gasteiger partial charge in [0.2, 0.25) is 5.91 Å². The molecule has 0 saturated heterocycles. The van der Waals surface area contributed by atoms with Gasteiger partial charge >= 0.3 is 6.18 Å². The molecule has 0 aromatic heterocycles. The van der Waals surface area contributed by atoms with Gasteiger partial charge < -0.3 is 21.1 Å². The highest BCUT2D eigenvalue weighted by Gasteiger charge is 2.29. The van der Waals surface area contributed by atoms with Gasteiger partial charge in [0.1, 0.15) is 5.75 Å². The van der Waals surface area contributed by atoms with Crippen LogP contribution in [-0.2, 0) is 11.3 Å². The van der Waals surface area contributed by atoms with Crippen LogP contribution in [0.25, 0.3) is 0 Å². The second-order valence-corrected chi connectivity index (χ2v) is 6.81. The lowest BCUT2D eigenvalue weighted by atomic mass is 9.93. The zero-order valence-corrected chi connectivity index (χ0v) is 18.8. The van der Waals surface area contributed by atoms with Crippen LogP contribution < -0.4 is 21.1 Å². The number of nitrogens with one attached hydrogen (secondary N) is 2. The van der Waals surface area contributed by atoms with E-state index in [1.165, 1.54) is 0 Å². The molecule has 0 saturated carbocycles. The number of rotatable bonds is 8. The van der Waals surface area contributed by atoms with Crippen LogP contribution in [0.1, 0.15) is 31.9 Å². The monoisotopic (exact) mass is 516 g/mol. The van der Waals surface area contributed by atoms with Gasteiger partial charge in [-0.3, -0.25) is 4.79 Å². The van der Waals surface area contributed by atoms with Crippen LogP contribution in [0, 0.1) is 12.3 Å². The summed E-state index contributed by atoms with van der Waals surface area (Å²) in [5.74, 6) is 0.116. The Morgan fingerprint density at radius 3 is 2.43 bits per heavy atom. The summed E-state index contributed by atoms with van der Waals surface area (Å²) >= 11 is 0. The molecule has 1 rings (SSSR count). The Balaban J connectivity index is 0.00000729. The number of hydrogen-bond donors (Lipinski definition) is 3. The molecule has 0 bridgehead atoms. The minimum absolute atomic E-state index is 0. The molecular weight excluding hydrogens is 488 g/mol. The van der Waals surface area contributed by atoms with Gasteiger partial charge in [0.05, 0.1) is 12.0 Å². The van der Waals surface area contributed by atoms with Crippen molar-refractivity contribution < 1.29 is 22.7 Å². The van der Waals surface area contributed by atoms with E-state index in [9.17, 15) is 18.0 Å². The summed E-state index contributed by atoms with van der Waals surface area (Å²) in [6.07, 6.45) is -4.42. The highest BCUT2D eigenvalue weighted by molar-refractivity contribution is 14.0. The standard InChI is InChI=1S/C18H27F3N4O2.HI/c1-5-23-16(25-10-17(3,4)15(22)26)24-9-13-7-6-12(2)8-14(13)27-11-18(19,20)21;/h6-8H,5,9-11H2,1-4H3,(H2,22,26)(H2,23,24,25);1H. The number of nitrogens with two attached hydrogens (primary N) is 1. The number of benzene rings is 1. The number of alkyl halides is 3. The first kappa shape index (κ1) is 26.3. The third-order valence-electron chi connectivity index (χ3n) is 3.73. The highest BCUT2D eigenvalue weighted by Crippen LogP contribution is 2.24. The number of carbonyl (C=O) groups excluding carboxylic acids is 1. The summed E-state index contributed by atoms with van der Waals surface area (Å²) in [5, 5.41) is 6.03. The van der Waals surface area contributed by atoms with Crippen molar-refractivity contribution in [3.63, 3.8) is 0 Å². The Kier molecular flexibility index (Phi) is 10.6. The lowest BCUT2D eigenvalue weighted by Gasteiger charge is -2.22. The highest BCUT2D eigenvalue weighted by atomic mass is 127. The van der Waals surface area contributed by atoms with Gasteiger partial charge in [-0.2, -0.15) is 13.2 Å². The Morgan fingerprint density at radius 1 is 1.25 bits per heavy atom. The van der Waals surface area contributed by atoms with Crippen LogP contribution in [0.2, 0.25) is 0 Å². The zero-order chi connectivity index (χ0) is 20.7. The largest absolute Gasteiger partial charge is 0.484 e. The molecule has 28 heavy (non-hydrogen) atoms. The number of aliphatic imine (C=N–C) groups is 1. The van der Waals surface area contributed by atoms with Gasteiger partial charge in [-0.15, -0.1) is 24.0 Å². The van der Waals surface area contributed by atoms with E-state index in [0.717, 1.165) is 5.56 Å². The fourth-order valence-corrected chi connectivity index (χ4v) is 1.98. The SMILES string of the molecule is CCNC(=NCc1ccc(C)cc1OCC(F)(F)F)NCC(C)(C)C(N)=O.I. The van der Waals surface area contributed by atoms with Crippen molar-refractivity contribution in [2.24, 2.45) is 16.1 Å². The molecule has 160 valence electrons. The van der Waals surface area contributed by atoms with Crippen LogP contribution in [0.3, 0.4) is 0 Å². The van der Waals surface area contributed by atoms with Crippen molar-refractivity contribution in [2.75, 3.05) is 19.7 Å². The molecule has 1 aromatic rings. The maximum atomic E-state index is 12.5. The maximum absolute atomic E-state index is 12.5. The summed E-state index contributed by atoms with van der Waals surface area (Å²) in [6.45, 7) is 6.64. The van der Waals surface area contributed by atoms with E-state index in [1.807, 2.05) is 6.92 Å². The van der Waals surface area contributed by atoms with Crippen molar-refractivity contribution in [3.05, 3.63) is 29.3 Å². The second kappa shape index (κ2) is 11.3. The van der Waals surface area contributed by atoms with Gasteiger partial charge in [0.15, 0.2) is 12.6 Å². The molecule has 0 aliphatic carbocycles. The lowest BCUT2D eigenvalue weighted by Crippen LogP contribution is -2.46. The molecule has 0 aliphatic heterocycles. The first-order valence-corrected chi connectivity index (χ1v) is 8.56. The van der Waals surface area contributed by atoms with Crippen molar-refractivity contribution in [1.82, 2.24) is 10.6 Å². The van der Waals surface area contributed by atoms with Gasteiger partial charge in [0, 0.05) is 18.7 Å². The molecule has 6 nitrogen and oxygen atoms in total. The van der Waals surface area contributed by atoms with Gasteiger partial charge in [0.25, 0.3) is 0 Å². The molecular formula is C18H28F3IN4O2. The summed E-state index contributed by atoms with van der Waals surface area (Å²) < 4.78 is 42.3. The average molecular weight is 516 g/mol. The second-order valence-electron chi connectivity index (χ2n) is 6.81. The van der Waals surface area contributed by atoms with E-state index < -0.39 is 24.1 Å². The summed E-state index contributed by atoms with van der Waals surface area (Å²) in [7, 11) is 0. The minimum atomic E-state index is -4.42. The predicted octanol–water partition coefficient (Wildman–Crippen LogP) is 3.12. The quantitative estimate of drug-likeness (QED) is 0.282. The number of primary amides is 1. The maximum Gasteiger partial charge on any atom is 0.422 e. The van der Waals surface area contributed by atoms with E-state index in [2.05, 4.69) is 15.6 Å². The molecule has 0 unspecified atom stereocenters. The van der Waals surface area contributed by atoms with Crippen molar-refractivity contribution in [2.45, 2.75) is 40.4 Å². The van der Waals surface area contributed by atoms with E-state index in [0.29, 0.717) is 18.1 Å². The minimum Gasteiger partial charge on any atom is -0.484 e. The number of ether oxygens (including phenoxy) is 1. The first-order chi connectivity index (χ1) is 12.4. The smallest absolute Gasteiger partial charge is 0.422 e. The molecule has 0 radical (unpaired) electrons. The number of aryl methyl sites for hydroxylation is 1. The van der Waals surface area contributed by atoms with E-state index in [1.54, 1.807) is 39.0 Å². The Bertz CT molecular complexity index is 679. The summed E-state index contributed by atoms with van der Waals surface area (Å²) in [4.78, 5) is 15.8. The lowest BCUT2D eigenvalue weighted by molar-refractivity contribution is -0.153. The number of carbonyl (C=O) groups is 1. The molecule has 10 heteroatoms. The van der Waals surface area contributed by atoms with E-state index in [4.69, 9.17) is 10.5 Å². The Hall–Kier alpha value is -1.72. The van der Waals surface area contributed by atoms with Crippen LogP contribution in [-0.4, -0.2) is 37.7 Å². The molecule has 0 atom stereocenters. The van der Waals surface area contributed by atoms with Gasteiger partial charge in [-0.1, -0.05) is 12.1 Å². The molecule has 1 aromatic carbocycles. The number of guanidine groups is 1. The van der Waals surface area contributed by atoms with E-state index in [-0.39, 0.29) is 42.8 Å². The van der Waals surface area contributed by atoms with Crippen LogP contribution >= 0.6 is 24.0 Å². The van der Waals surface area contributed by atoms with Crippen LogP contribution in [0.4, 0.5) is 13.2 Å². The Labute approximate surface area is 180 Å². The first-order valence-electron chi connectivity index (χ1n) is 8.56. The van der Waals surface area contributed by atoms with Crippen molar-refractivity contribution in [1.29, 1.82) is 0 Å². The molecule has 0 aliphatic rings. The topological polar surface area (TPSA) is 88.7 Å². The normalized spacial score (nSPS) is 12.2. The fourth-order valence-electron chi connectivity index (χ4n) is 1.98. The molecule has 0 spiro atoms. The van der Waals surface area contributed by atoms with Gasteiger partial charge in [-0.05, 0) is 39.3 Å². The summed E-state index contributed by atoms with van der Waals surface area (Å²) in [6, 6.07) is 5.01. The number of halogens is 4. The van der Waals surface area contributed by atoms with Crippen LogP contribution in [0.5, 0.6) is 5.75 Å². The molecule has 0 heterocycles. The Morgan fingerprint density at radius 2 is 1.89 bits per heavy atom. The predicted molar refractivity (Wildman–Crippen MR) is 114 cm³/mol. The zero-order valence-electron chi connectivity index (χ0n) is 16.4. The third kappa shape index (κ3) is 9.47. The number of amides is 1. The van der Waals surface area contributed by atoms with Crippen LogP contribution in [0.15, 0.2) is 23.2 Å². The fraction of sp³-hybridized carbons (Fsp3) is 0.556. The summed E-state index contributed by atoms with van der Waals surface area (Å²) in [5.41, 5.74) is 5.88. The molecule has 4 N–H and O–H groups in total. The van der Waals surface area contributed by atoms with Gasteiger partial charge in [-0.25, -0.2) is 4.99 Å². The van der Waals surface area contributed by atoms with Crippen molar-refractivity contribution in [3.8, 4) is 5.75 Å².